The number of H-pyrrole nitrogens is 1. The molecule has 13 nitrogen and oxygen atoms in total. The first kappa shape index (κ1) is 26.1. The fourth-order valence-electron chi connectivity index (χ4n) is 3.12. The van der Waals surface area contributed by atoms with Crippen LogP contribution in [-0.2, 0) is 27.2 Å². The van der Waals surface area contributed by atoms with Gasteiger partial charge in [0.2, 0.25) is 11.8 Å². The van der Waals surface area contributed by atoms with E-state index in [1.165, 1.54) is 24.7 Å². The summed E-state index contributed by atoms with van der Waals surface area (Å²) in [6.45, 7) is 0.220. The van der Waals surface area contributed by atoms with E-state index in [1.54, 1.807) is 12.1 Å². The lowest BCUT2D eigenvalue weighted by molar-refractivity contribution is -0.142. The maximum absolute atomic E-state index is 12.9. The molecule has 1 heterocycles. The van der Waals surface area contributed by atoms with E-state index in [0.717, 1.165) is 5.56 Å². The van der Waals surface area contributed by atoms with Crippen LogP contribution in [-0.4, -0.2) is 68.6 Å². The van der Waals surface area contributed by atoms with E-state index in [2.05, 4.69) is 25.6 Å². The zero-order valence-corrected chi connectivity index (χ0v) is 18.5. The lowest BCUT2D eigenvalue weighted by Gasteiger charge is -2.23. The Balaban J connectivity index is 2.05. The lowest BCUT2D eigenvalue weighted by Crippen LogP contribution is -2.55. The number of carboxylic acids is 1. The Morgan fingerprint density at radius 1 is 1.06 bits per heavy atom. The summed E-state index contributed by atoms with van der Waals surface area (Å²) in [5.74, 6) is -2.52. The molecule has 0 aliphatic heterocycles. The van der Waals surface area contributed by atoms with Gasteiger partial charge in [-0.25, -0.2) is 9.78 Å². The summed E-state index contributed by atoms with van der Waals surface area (Å²) in [5, 5.41) is 23.9. The summed E-state index contributed by atoms with van der Waals surface area (Å²) in [6, 6.07) is 2.95. The van der Waals surface area contributed by atoms with E-state index in [-0.39, 0.29) is 37.5 Å². The molecule has 2 rings (SSSR count). The van der Waals surface area contributed by atoms with Crippen LogP contribution in [0.3, 0.4) is 0 Å². The van der Waals surface area contributed by atoms with Crippen molar-refractivity contribution in [3.63, 3.8) is 0 Å². The number of benzene rings is 1. The molecular formula is C21H30N8O5. The smallest absolute Gasteiger partial charge is 0.326 e. The van der Waals surface area contributed by atoms with E-state index in [1.807, 2.05) is 0 Å². The van der Waals surface area contributed by atoms with Gasteiger partial charge in [-0.05, 0) is 37.0 Å². The van der Waals surface area contributed by atoms with Gasteiger partial charge >= 0.3 is 5.97 Å². The number of nitrogens with one attached hydrogen (secondary N) is 3. The molecule has 0 saturated carbocycles. The predicted molar refractivity (Wildman–Crippen MR) is 123 cm³/mol. The van der Waals surface area contributed by atoms with Crippen LogP contribution in [0.4, 0.5) is 0 Å². The summed E-state index contributed by atoms with van der Waals surface area (Å²) in [7, 11) is 0. The zero-order valence-electron chi connectivity index (χ0n) is 18.5. The van der Waals surface area contributed by atoms with E-state index in [0.29, 0.717) is 12.1 Å². The number of hydrogen-bond acceptors (Lipinski definition) is 7. The molecule has 3 unspecified atom stereocenters. The van der Waals surface area contributed by atoms with Crippen molar-refractivity contribution in [1.82, 2.24) is 20.6 Å². The maximum Gasteiger partial charge on any atom is 0.326 e. The fourth-order valence-corrected chi connectivity index (χ4v) is 3.12. The van der Waals surface area contributed by atoms with Crippen LogP contribution in [0.25, 0.3) is 0 Å². The topological polar surface area (TPSA) is 235 Å². The van der Waals surface area contributed by atoms with E-state index >= 15 is 0 Å². The second kappa shape index (κ2) is 12.8. The number of aliphatic imine (C=N–C) groups is 1. The molecule has 184 valence electrons. The highest BCUT2D eigenvalue weighted by molar-refractivity contribution is 5.91. The van der Waals surface area contributed by atoms with Gasteiger partial charge in [0.1, 0.15) is 17.8 Å². The molecule has 0 saturated heterocycles. The first-order chi connectivity index (χ1) is 16.2. The van der Waals surface area contributed by atoms with Gasteiger partial charge in [0.05, 0.1) is 12.4 Å². The van der Waals surface area contributed by atoms with Gasteiger partial charge in [-0.2, -0.15) is 0 Å². The van der Waals surface area contributed by atoms with Crippen molar-refractivity contribution in [3.8, 4) is 5.75 Å². The largest absolute Gasteiger partial charge is 0.508 e. The maximum atomic E-state index is 12.9. The highest BCUT2D eigenvalue weighted by Crippen LogP contribution is 2.11. The van der Waals surface area contributed by atoms with Gasteiger partial charge in [0.15, 0.2) is 5.96 Å². The number of aromatic amines is 1. The first-order valence-corrected chi connectivity index (χ1v) is 10.6. The highest BCUT2D eigenvalue weighted by atomic mass is 16.4. The Bertz CT molecular complexity index is 974. The standard InChI is InChI=1S/C21H30N8O5/c22-15(8-12-3-5-14(30)6-4-12)18(31)28-16(2-1-7-26-21(23)24)19(32)29-17(20(33)34)9-13-10-25-11-27-13/h3-6,10-11,15-17,30H,1-2,7-9,22H2,(H,25,27)(H,28,31)(H,29,32)(H,33,34)(H4,23,24,26). The molecule has 1 aromatic heterocycles. The quantitative estimate of drug-likeness (QED) is 0.0940. The van der Waals surface area contributed by atoms with Crippen LogP contribution >= 0.6 is 0 Å². The molecule has 2 aromatic rings. The Morgan fingerprint density at radius 2 is 1.74 bits per heavy atom. The molecule has 0 aliphatic rings. The fraction of sp³-hybridized carbons (Fsp3) is 0.381. The average Bonchev–Trinajstić information content (AvgIpc) is 3.29. The number of aromatic hydroxyl groups is 1. The Morgan fingerprint density at radius 3 is 2.32 bits per heavy atom. The minimum absolute atomic E-state index is 0.0178. The van der Waals surface area contributed by atoms with Crippen molar-refractivity contribution in [3.05, 3.63) is 48.0 Å². The molecule has 0 aliphatic carbocycles. The van der Waals surface area contributed by atoms with Crippen molar-refractivity contribution in [2.75, 3.05) is 6.54 Å². The number of carbonyl (C=O) groups is 3. The van der Waals surface area contributed by atoms with Crippen molar-refractivity contribution < 1.29 is 24.6 Å². The van der Waals surface area contributed by atoms with Crippen LogP contribution < -0.4 is 27.8 Å². The van der Waals surface area contributed by atoms with E-state index in [9.17, 15) is 24.6 Å². The number of carbonyl (C=O) groups excluding carboxylic acids is 2. The molecule has 3 atom stereocenters. The first-order valence-electron chi connectivity index (χ1n) is 10.6. The minimum Gasteiger partial charge on any atom is -0.508 e. The molecule has 0 radical (unpaired) electrons. The summed E-state index contributed by atoms with van der Waals surface area (Å²) < 4.78 is 0. The molecule has 34 heavy (non-hydrogen) atoms. The molecule has 1 aromatic carbocycles. The predicted octanol–water partition coefficient (Wildman–Crippen LogP) is -1.66. The summed E-state index contributed by atoms with van der Waals surface area (Å²) in [4.78, 5) is 47.7. The number of aliphatic carboxylic acids is 1. The van der Waals surface area contributed by atoms with Crippen molar-refractivity contribution in [2.45, 2.75) is 43.8 Å². The number of phenolic OH excluding ortho intramolecular Hbond substituents is 1. The zero-order chi connectivity index (χ0) is 25.1. The minimum atomic E-state index is -1.24. The normalized spacial score (nSPS) is 13.3. The Labute approximate surface area is 195 Å². The number of aromatic nitrogens is 2. The second-order valence-electron chi connectivity index (χ2n) is 7.67. The number of guanidine groups is 1. The highest BCUT2D eigenvalue weighted by Gasteiger charge is 2.28. The van der Waals surface area contributed by atoms with Crippen LogP contribution in [0.2, 0.25) is 0 Å². The number of imidazole rings is 1. The number of hydrogen-bond donors (Lipinski definition) is 8. The number of phenols is 1. The number of carboxylic acid groups (broad SMARTS) is 1. The number of nitrogens with zero attached hydrogens (tertiary/aromatic N) is 2. The van der Waals surface area contributed by atoms with Gasteiger partial charge in [-0.1, -0.05) is 12.1 Å². The third-order valence-corrected chi connectivity index (χ3v) is 4.90. The molecule has 0 bridgehead atoms. The lowest BCUT2D eigenvalue weighted by atomic mass is 10.0. The number of nitrogens with two attached hydrogens (primary N) is 3. The monoisotopic (exact) mass is 474 g/mol. The Hall–Kier alpha value is -4.13. The number of amides is 2. The molecular weight excluding hydrogens is 444 g/mol. The molecule has 2 amide bonds. The van der Waals surface area contributed by atoms with Crippen molar-refractivity contribution >= 4 is 23.7 Å². The summed E-state index contributed by atoms with van der Waals surface area (Å²) in [6.07, 6.45) is 3.51. The van der Waals surface area contributed by atoms with Gasteiger partial charge in [0, 0.05) is 24.9 Å². The second-order valence-corrected chi connectivity index (χ2v) is 7.67. The average molecular weight is 475 g/mol. The number of rotatable bonds is 13. The van der Waals surface area contributed by atoms with Gasteiger partial charge in [0.25, 0.3) is 0 Å². The SMILES string of the molecule is NC(N)=NCCCC(NC(=O)C(N)Cc1ccc(O)cc1)C(=O)NC(Cc1cnc[nH]1)C(=O)O. The van der Waals surface area contributed by atoms with Crippen LogP contribution in [0.15, 0.2) is 41.8 Å². The summed E-state index contributed by atoms with van der Waals surface area (Å²) in [5.41, 5.74) is 17.9. The third kappa shape index (κ3) is 8.78. The Kier molecular flexibility index (Phi) is 9.83. The molecule has 0 fully saturated rings. The van der Waals surface area contributed by atoms with E-state index in [4.69, 9.17) is 17.2 Å². The van der Waals surface area contributed by atoms with Gasteiger partial charge < -0.3 is 43.0 Å². The molecule has 0 spiro atoms. The van der Waals surface area contributed by atoms with Gasteiger partial charge in [-0.15, -0.1) is 0 Å². The van der Waals surface area contributed by atoms with Crippen LogP contribution in [0.5, 0.6) is 5.75 Å². The van der Waals surface area contributed by atoms with Crippen molar-refractivity contribution in [2.24, 2.45) is 22.2 Å². The van der Waals surface area contributed by atoms with Crippen molar-refractivity contribution in [1.29, 1.82) is 0 Å². The van der Waals surface area contributed by atoms with Gasteiger partial charge in [-0.3, -0.25) is 14.6 Å². The molecule has 11 N–H and O–H groups in total. The summed E-state index contributed by atoms with van der Waals surface area (Å²) >= 11 is 0. The molecule has 13 heteroatoms. The third-order valence-electron chi connectivity index (χ3n) is 4.90. The van der Waals surface area contributed by atoms with Crippen LogP contribution in [0, 0.1) is 0 Å². The van der Waals surface area contributed by atoms with E-state index < -0.39 is 35.9 Å². The van der Waals surface area contributed by atoms with Crippen LogP contribution in [0.1, 0.15) is 24.1 Å².